The van der Waals surface area contributed by atoms with Gasteiger partial charge in [0.15, 0.2) is 0 Å². The minimum absolute atomic E-state index is 0.0824. The fourth-order valence-electron chi connectivity index (χ4n) is 3.22. The quantitative estimate of drug-likeness (QED) is 0.826. The molecule has 0 aromatic heterocycles. The number of carboxylic acid groups (broad SMARTS) is 1. The van der Waals surface area contributed by atoms with Gasteiger partial charge in [-0.25, -0.2) is 9.59 Å². The molecule has 0 radical (unpaired) electrons. The Balaban J connectivity index is 1.51. The predicted octanol–water partition coefficient (Wildman–Crippen LogP) is 0.683. The molecule has 0 bridgehead atoms. The molecule has 2 heterocycles. The summed E-state index contributed by atoms with van der Waals surface area (Å²) >= 11 is 0. The predicted molar refractivity (Wildman–Crippen MR) is 73.5 cm³/mol. The van der Waals surface area contributed by atoms with Crippen LogP contribution in [0.15, 0.2) is 0 Å². The molecule has 2 amide bonds. The molecule has 1 N–H and O–H groups in total. The van der Waals surface area contributed by atoms with Gasteiger partial charge in [0.05, 0.1) is 0 Å². The Kier molecular flexibility index (Phi) is 3.83. The molecule has 0 aromatic rings. The van der Waals surface area contributed by atoms with Gasteiger partial charge >= 0.3 is 12.0 Å². The van der Waals surface area contributed by atoms with E-state index in [0.717, 1.165) is 38.5 Å². The summed E-state index contributed by atoms with van der Waals surface area (Å²) in [5.41, 5.74) is 0. The topological polar surface area (TPSA) is 64.1 Å². The lowest BCUT2D eigenvalue weighted by Gasteiger charge is -2.37. The second kappa shape index (κ2) is 5.60. The lowest BCUT2D eigenvalue weighted by Crippen LogP contribution is -2.54. The first-order valence-electron chi connectivity index (χ1n) is 7.66. The molecule has 112 valence electrons. The summed E-state index contributed by atoms with van der Waals surface area (Å²) in [7, 11) is 0. The van der Waals surface area contributed by atoms with Crippen LogP contribution in [-0.4, -0.2) is 77.1 Å². The molecule has 1 unspecified atom stereocenters. The van der Waals surface area contributed by atoms with Gasteiger partial charge in [0, 0.05) is 39.3 Å². The first-order chi connectivity index (χ1) is 9.65. The molecule has 3 rings (SSSR count). The smallest absolute Gasteiger partial charge is 0.326 e. The van der Waals surface area contributed by atoms with Crippen LogP contribution in [0.3, 0.4) is 0 Å². The molecule has 1 atom stereocenters. The number of likely N-dealkylation sites (tertiary alicyclic amines) is 1. The summed E-state index contributed by atoms with van der Waals surface area (Å²) in [5.74, 6) is 0.00967. The Hall–Kier alpha value is -1.30. The minimum Gasteiger partial charge on any atom is -0.480 e. The van der Waals surface area contributed by atoms with Crippen molar-refractivity contribution in [3.05, 3.63) is 0 Å². The van der Waals surface area contributed by atoms with Crippen molar-refractivity contribution in [2.24, 2.45) is 5.92 Å². The van der Waals surface area contributed by atoms with Crippen LogP contribution < -0.4 is 0 Å². The SMILES string of the molecule is O=C(O)C1CCCN1C(=O)N1CCN(CC2CC2)CC1. The Labute approximate surface area is 119 Å². The monoisotopic (exact) mass is 281 g/mol. The molecule has 6 nitrogen and oxygen atoms in total. The summed E-state index contributed by atoms with van der Waals surface area (Å²) < 4.78 is 0. The average molecular weight is 281 g/mol. The zero-order valence-corrected chi connectivity index (χ0v) is 11.8. The summed E-state index contributed by atoms with van der Waals surface area (Å²) in [5, 5.41) is 9.16. The molecule has 0 spiro atoms. The maximum atomic E-state index is 12.4. The van der Waals surface area contributed by atoms with E-state index in [-0.39, 0.29) is 6.03 Å². The van der Waals surface area contributed by atoms with Gasteiger partial charge in [-0.15, -0.1) is 0 Å². The van der Waals surface area contributed by atoms with Crippen LogP contribution in [0, 0.1) is 5.92 Å². The summed E-state index contributed by atoms with van der Waals surface area (Å²) in [6.45, 7) is 5.06. The molecule has 1 saturated carbocycles. The van der Waals surface area contributed by atoms with Gasteiger partial charge in [0.1, 0.15) is 6.04 Å². The van der Waals surface area contributed by atoms with E-state index < -0.39 is 12.0 Å². The number of carboxylic acids is 1. The van der Waals surface area contributed by atoms with Crippen molar-refractivity contribution in [2.45, 2.75) is 31.7 Å². The van der Waals surface area contributed by atoms with Gasteiger partial charge in [-0.3, -0.25) is 4.90 Å². The molecule has 1 aliphatic carbocycles. The number of urea groups is 1. The molecule has 0 aromatic carbocycles. The van der Waals surface area contributed by atoms with Gasteiger partial charge < -0.3 is 14.9 Å². The van der Waals surface area contributed by atoms with Crippen molar-refractivity contribution in [3.63, 3.8) is 0 Å². The van der Waals surface area contributed by atoms with Gasteiger partial charge in [0.25, 0.3) is 0 Å². The van der Waals surface area contributed by atoms with Crippen molar-refractivity contribution < 1.29 is 14.7 Å². The van der Waals surface area contributed by atoms with E-state index >= 15 is 0 Å². The molecule has 2 saturated heterocycles. The third-order valence-corrected chi connectivity index (χ3v) is 4.64. The number of piperazine rings is 1. The van der Waals surface area contributed by atoms with E-state index in [1.807, 2.05) is 4.90 Å². The Bertz CT molecular complexity index is 389. The van der Waals surface area contributed by atoms with Gasteiger partial charge in [-0.2, -0.15) is 0 Å². The van der Waals surface area contributed by atoms with Crippen molar-refractivity contribution in [1.29, 1.82) is 0 Å². The molecular formula is C14H23N3O3. The maximum Gasteiger partial charge on any atom is 0.326 e. The van der Waals surface area contributed by atoms with Gasteiger partial charge in [-0.05, 0) is 31.6 Å². The van der Waals surface area contributed by atoms with Gasteiger partial charge in [-0.1, -0.05) is 0 Å². The highest BCUT2D eigenvalue weighted by molar-refractivity contribution is 5.83. The van der Waals surface area contributed by atoms with E-state index in [1.54, 1.807) is 4.90 Å². The van der Waals surface area contributed by atoms with E-state index in [2.05, 4.69) is 4.90 Å². The molecule has 6 heteroatoms. The number of hydrogen-bond donors (Lipinski definition) is 1. The minimum atomic E-state index is -0.872. The van der Waals surface area contributed by atoms with E-state index in [9.17, 15) is 9.59 Å². The van der Waals surface area contributed by atoms with Crippen LogP contribution in [-0.2, 0) is 4.79 Å². The number of carbonyl (C=O) groups excluding carboxylic acids is 1. The molecule has 20 heavy (non-hydrogen) atoms. The van der Waals surface area contributed by atoms with E-state index in [0.29, 0.717) is 13.0 Å². The third kappa shape index (κ3) is 2.90. The number of amides is 2. The Morgan fingerprint density at radius 1 is 1.00 bits per heavy atom. The zero-order chi connectivity index (χ0) is 14.1. The summed E-state index contributed by atoms with van der Waals surface area (Å²) in [6.07, 6.45) is 4.09. The Morgan fingerprint density at radius 3 is 2.30 bits per heavy atom. The Morgan fingerprint density at radius 2 is 1.70 bits per heavy atom. The van der Waals surface area contributed by atoms with E-state index in [1.165, 1.54) is 19.4 Å². The lowest BCUT2D eigenvalue weighted by atomic mass is 10.2. The van der Waals surface area contributed by atoms with Gasteiger partial charge in [0.2, 0.25) is 0 Å². The van der Waals surface area contributed by atoms with Crippen LogP contribution in [0.4, 0.5) is 4.79 Å². The molecule has 2 aliphatic heterocycles. The largest absolute Gasteiger partial charge is 0.480 e. The standard InChI is InChI=1S/C14H23N3O3/c18-13(19)12-2-1-5-17(12)14(20)16-8-6-15(7-9-16)10-11-3-4-11/h11-12H,1-10H2,(H,18,19). The normalized spacial score (nSPS) is 27.9. The number of hydrogen-bond acceptors (Lipinski definition) is 3. The molecule has 3 fully saturated rings. The summed E-state index contributed by atoms with van der Waals surface area (Å²) in [4.78, 5) is 29.4. The van der Waals surface area contributed by atoms with Crippen LogP contribution in [0.25, 0.3) is 0 Å². The third-order valence-electron chi connectivity index (χ3n) is 4.64. The van der Waals surface area contributed by atoms with Crippen LogP contribution in [0.2, 0.25) is 0 Å². The van der Waals surface area contributed by atoms with E-state index in [4.69, 9.17) is 5.11 Å². The van der Waals surface area contributed by atoms with Crippen molar-refractivity contribution >= 4 is 12.0 Å². The highest BCUT2D eigenvalue weighted by atomic mass is 16.4. The fourth-order valence-corrected chi connectivity index (χ4v) is 3.22. The number of carbonyl (C=O) groups is 2. The maximum absolute atomic E-state index is 12.4. The molecule has 3 aliphatic rings. The first-order valence-corrected chi connectivity index (χ1v) is 7.66. The lowest BCUT2D eigenvalue weighted by molar-refractivity contribution is -0.141. The van der Waals surface area contributed by atoms with Crippen LogP contribution in [0.5, 0.6) is 0 Å². The zero-order valence-electron chi connectivity index (χ0n) is 11.8. The van der Waals surface area contributed by atoms with Crippen molar-refractivity contribution in [2.75, 3.05) is 39.3 Å². The average Bonchev–Trinajstić information content (AvgIpc) is 3.11. The highest BCUT2D eigenvalue weighted by Gasteiger charge is 2.37. The van der Waals surface area contributed by atoms with Crippen molar-refractivity contribution in [1.82, 2.24) is 14.7 Å². The first kappa shape index (κ1) is 13.7. The highest BCUT2D eigenvalue weighted by Crippen LogP contribution is 2.30. The molecular weight excluding hydrogens is 258 g/mol. The van der Waals surface area contributed by atoms with Crippen LogP contribution >= 0.6 is 0 Å². The number of aliphatic carboxylic acids is 1. The number of nitrogens with zero attached hydrogens (tertiary/aromatic N) is 3. The second-order valence-corrected chi connectivity index (χ2v) is 6.20. The second-order valence-electron chi connectivity index (χ2n) is 6.20. The van der Waals surface area contributed by atoms with Crippen molar-refractivity contribution in [3.8, 4) is 0 Å². The number of rotatable bonds is 3. The summed E-state index contributed by atoms with van der Waals surface area (Å²) in [6, 6.07) is -0.701. The fraction of sp³-hybridized carbons (Fsp3) is 0.857. The van der Waals surface area contributed by atoms with Crippen LogP contribution in [0.1, 0.15) is 25.7 Å².